The fraction of sp³-hybridized carbons (Fsp3) is 0.857. The quantitative estimate of drug-likeness (QED) is 0.712. The fourth-order valence-electron chi connectivity index (χ4n) is 2.22. The van der Waals surface area contributed by atoms with E-state index < -0.39 is 5.97 Å². The number of hydrogen-bond donors (Lipinski definition) is 2. The minimum Gasteiger partial charge on any atom is -0.481 e. The minimum absolute atomic E-state index is 0.000233. The Morgan fingerprint density at radius 2 is 2.00 bits per heavy atom. The Labute approximate surface area is 115 Å². The molecule has 0 spiro atoms. The van der Waals surface area contributed by atoms with Crippen molar-refractivity contribution in [3.8, 4) is 0 Å². The summed E-state index contributed by atoms with van der Waals surface area (Å²) in [5, 5.41) is 11.7. The van der Waals surface area contributed by atoms with E-state index in [0.29, 0.717) is 18.4 Å². The molecule has 1 aliphatic carbocycles. The Hall–Kier alpha value is -1.26. The Morgan fingerprint density at radius 1 is 1.37 bits per heavy atom. The first-order valence-electron chi connectivity index (χ1n) is 7.23. The largest absolute Gasteiger partial charge is 0.481 e. The van der Waals surface area contributed by atoms with Gasteiger partial charge in [-0.25, -0.2) is 4.79 Å². The summed E-state index contributed by atoms with van der Waals surface area (Å²) < 4.78 is 0. The van der Waals surface area contributed by atoms with Crippen molar-refractivity contribution in [1.29, 1.82) is 0 Å². The standard InChI is InChI=1S/C14H26N2O3/c1-4-5-11(8-13(17)18)15-14(19)16(9-10(2)3)12-6-7-12/h10-12H,4-9H2,1-3H3,(H,15,19)(H,17,18). The van der Waals surface area contributed by atoms with Gasteiger partial charge in [0.1, 0.15) is 0 Å². The molecule has 19 heavy (non-hydrogen) atoms. The second-order valence-corrected chi connectivity index (χ2v) is 5.81. The molecule has 1 saturated carbocycles. The number of carboxylic acid groups (broad SMARTS) is 1. The maximum absolute atomic E-state index is 12.2. The fourth-order valence-corrected chi connectivity index (χ4v) is 2.22. The Balaban J connectivity index is 2.54. The summed E-state index contributed by atoms with van der Waals surface area (Å²) in [5.74, 6) is -0.434. The van der Waals surface area contributed by atoms with E-state index in [2.05, 4.69) is 19.2 Å². The van der Waals surface area contributed by atoms with E-state index in [1.165, 1.54) is 0 Å². The van der Waals surface area contributed by atoms with Crippen molar-refractivity contribution in [3.05, 3.63) is 0 Å². The molecular weight excluding hydrogens is 244 g/mol. The average molecular weight is 270 g/mol. The highest BCUT2D eigenvalue weighted by atomic mass is 16.4. The van der Waals surface area contributed by atoms with Crippen LogP contribution in [-0.2, 0) is 4.79 Å². The molecule has 1 atom stereocenters. The van der Waals surface area contributed by atoms with E-state index in [-0.39, 0.29) is 18.5 Å². The lowest BCUT2D eigenvalue weighted by molar-refractivity contribution is -0.137. The molecule has 0 aromatic carbocycles. The first-order chi connectivity index (χ1) is 8.93. The third-order valence-electron chi connectivity index (χ3n) is 3.20. The second-order valence-electron chi connectivity index (χ2n) is 5.81. The number of hydrogen-bond acceptors (Lipinski definition) is 2. The van der Waals surface area contributed by atoms with Crippen LogP contribution in [0.4, 0.5) is 4.79 Å². The van der Waals surface area contributed by atoms with Crippen molar-refractivity contribution in [2.45, 2.75) is 65.0 Å². The van der Waals surface area contributed by atoms with E-state index in [0.717, 1.165) is 25.8 Å². The summed E-state index contributed by atoms with van der Waals surface area (Å²) in [5.41, 5.74) is 0. The molecule has 5 nitrogen and oxygen atoms in total. The van der Waals surface area contributed by atoms with Crippen LogP contribution in [0.5, 0.6) is 0 Å². The maximum atomic E-state index is 12.2. The van der Waals surface area contributed by atoms with Gasteiger partial charge in [-0.3, -0.25) is 4.79 Å². The van der Waals surface area contributed by atoms with Crippen molar-refractivity contribution in [2.24, 2.45) is 5.92 Å². The first kappa shape index (κ1) is 15.8. The molecule has 5 heteroatoms. The molecule has 0 radical (unpaired) electrons. The highest BCUT2D eigenvalue weighted by molar-refractivity contribution is 5.76. The molecule has 1 fully saturated rings. The first-order valence-corrected chi connectivity index (χ1v) is 7.23. The van der Waals surface area contributed by atoms with E-state index in [1.807, 2.05) is 11.8 Å². The zero-order valence-electron chi connectivity index (χ0n) is 12.2. The highest BCUT2D eigenvalue weighted by Crippen LogP contribution is 2.27. The molecule has 2 amide bonds. The van der Waals surface area contributed by atoms with E-state index in [9.17, 15) is 9.59 Å². The molecule has 0 aromatic rings. The van der Waals surface area contributed by atoms with Crippen LogP contribution in [-0.4, -0.2) is 40.6 Å². The van der Waals surface area contributed by atoms with Gasteiger partial charge in [-0.05, 0) is 25.2 Å². The normalized spacial score (nSPS) is 16.2. The lowest BCUT2D eigenvalue weighted by Crippen LogP contribution is -2.47. The van der Waals surface area contributed by atoms with E-state index in [4.69, 9.17) is 5.11 Å². The Kier molecular flexibility index (Phi) is 6.12. The molecule has 1 unspecified atom stereocenters. The van der Waals surface area contributed by atoms with Crippen molar-refractivity contribution < 1.29 is 14.7 Å². The number of carboxylic acids is 1. The van der Waals surface area contributed by atoms with Gasteiger partial charge in [0.15, 0.2) is 0 Å². The number of amides is 2. The molecule has 0 saturated heterocycles. The van der Waals surface area contributed by atoms with Crippen LogP contribution in [0.15, 0.2) is 0 Å². The van der Waals surface area contributed by atoms with Gasteiger partial charge in [-0.2, -0.15) is 0 Å². The number of nitrogens with one attached hydrogen (secondary N) is 1. The van der Waals surface area contributed by atoms with Gasteiger partial charge in [-0.15, -0.1) is 0 Å². The van der Waals surface area contributed by atoms with Gasteiger partial charge in [-0.1, -0.05) is 27.2 Å². The summed E-state index contributed by atoms with van der Waals surface area (Å²) in [6.07, 6.45) is 3.71. The number of urea groups is 1. The lowest BCUT2D eigenvalue weighted by Gasteiger charge is -2.27. The Bertz CT molecular complexity index is 314. The monoisotopic (exact) mass is 270 g/mol. The van der Waals surface area contributed by atoms with Crippen LogP contribution < -0.4 is 5.32 Å². The predicted molar refractivity (Wildman–Crippen MR) is 74.0 cm³/mol. The van der Waals surface area contributed by atoms with Crippen molar-refractivity contribution >= 4 is 12.0 Å². The van der Waals surface area contributed by atoms with Crippen molar-refractivity contribution in [1.82, 2.24) is 10.2 Å². The van der Waals surface area contributed by atoms with E-state index >= 15 is 0 Å². The molecule has 0 aromatic heterocycles. The van der Waals surface area contributed by atoms with Crippen LogP contribution in [0.1, 0.15) is 52.9 Å². The average Bonchev–Trinajstić information content (AvgIpc) is 3.08. The summed E-state index contributed by atoms with van der Waals surface area (Å²) in [4.78, 5) is 24.9. The smallest absolute Gasteiger partial charge is 0.317 e. The molecule has 0 bridgehead atoms. The number of rotatable bonds is 8. The zero-order valence-corrected chi connectivity index (χ0v) is 12.2. The molecule has 2 N–H and O–H groups in total. The second kappa shape index (κ2) is 7.36. The summed E-state index contributed by atoms with van der Waals surface area (Å²) in [7, 11) is 0. The van der Waals surface area contributed by atoms with Gasteiger partial charge in [0.2, 0.25) is 0 Å². The number of carbonyl (C=O) groups excluding carboxylic acids is 1. The zero-order chi connectivity index (χ0) is 14.4. The van der Waals surface area contributed by atoms with Crippen molar-refractivity contribution in [3.63, 3.8) is 0 Å². The van der Waals surface area contributed by atoms with Crippen LogP contribution in [0.2, 0.25) is 0 Å². The molecule has 1 aliphatic rings. The molecule has 110 valence electrons. The van der Waals surface area contributed by atoms with Gasteiger partial charge in [0.25, 0.3) is 0 Å². The van der Waals surface area contributed by atoms with Gasteiger partial charge < -0.3 is 15.3 Å². The number of nitrogens with zero attached hydrogens (tertiary/aromatic N) is 1. The highest BCUT2D eigenvalue weighted by Gasteiger charge is 2.33. The van der Waals surface area contributed by atoms with Crippen LogP contribution in [0.25, 0.3) is 0 Å². The van der Waals surface area contributed by atoms with E-state index in [1.54, 1.807) is 0 Å². The SMILES string of the molecule is CCCC(CC(=O)O)NC(=O)N(CC(C)C)C1CC1. The summed E-state index contributed by atoms with van der Waals surface area (Å²) >= 11 is 0. The van der Waals surface area contributed by atoms with Crippen molar-refractivity contribution in [2.75, 3.05) is 6.54 Å². The molecule has 0 heterocycles. The minimum atomic E-state index is -0.861. The molecule has 0 aliphatic heterocycles. The number of aliphatic carboxylic acids is 1. The van der Waals surface area contributed by atoms with Crippen LogP contribution >= 0.6 is 0 Å². The van der Waals surface area contributed by atoms with Gasteiger partial charge in [0.05, 0.1) is 6.42 Å². The Morgan fingerprint density at radius 3 is 2.42 bits per heavy atom. The summed E-state index contributed by atoms with van der Waals surface area (Å²) in [6.45, 7) is 6.91. The third-order valence-corrected chi connectivity index (χ3v) is 3.20. The maximum Gasteiger partial charge on any atom is 0.317 e. The van der Waals surface area contributed by atoms with Gasteiger partial charge >= 0.3 is 12.0 Å². The number of carbonyl (C=O) groups is 2. The van der Waals surface area contributed by atoms with Crippen LogP contribution in [0.3, 0.4) is 0 Å². The topological polar surface area (TPSA) is 69.6 Å². The molecule has 1 rings (SSSR count). The summed E-state index contributed by atoms with van der Waals surface area (Å²) in [6, 6.07) is -0.00573. The third kappa shape index (κ3) is 5.94. The van der Waals surface area contributed by atoms with Crippen LogP contribution in [0, 0.1) is 5.92 Å². The van der Waals surface area contributed by atoms with Gasteiger partial charge in [0, 0.05) is 18.6 Å². The lowest BCUT2D eigenvalue weighted by atomic mass is 10.1. The molecular formula is C14H26N2O3. The predicted octanol–water partition coefficient (Wildman–Crippen LogP) is 2.46.